The zero-order valence-corrected chi connectivity index (χ0v) is 21.6. The number of carbonyl (C=O) groups excluding carboxylic acids is 1. The summed E-state index contributed by atoms with van der Waals surface area (Å²) in [6.45, 7) is -0.242. The number of nitrogens with zero attached hydrogens (tertiary/aromatic N) is 3. The van der Waals surface area contributed by atoms with Gasteiger partial charge in [0, 0.05) is 37.4 Å². The molecule has 5 unspecified atom stereocenters. The maximum atomic E-state index is 14.2. The largest absolute Gasteiger partial charge is 0.481 e. The van der Waals surface area contributed by atoms with Gasteiger partial charge < -0.3 is 19.7 Å². The van der Waals surface area contributed by atoms with Crippen LogP contribution in [0.2, 0.25) is 0 Å². The lowest BCUT2D eigenvalue weighted by atomic mass is 9.70. The van der Waals surface area contributed by atoms with Crippen molar-refractivity contribution in [1.29, 1.82) is 5.26 Å². The fourth-order valence-electron chi connectivity index (χ4n) is 6.91. The number of benzene rings is 2. The van der Waals surface area contributed by atoms with Crippen LogP contribution in [0.3, 0.4) is 0 Å². The van der Waals surface area contributed by atoms with Crippen LogP contribution >= 0.6 is 0 Å². The molecule has 10 heteroatoms. The molecule has 3 aromatic rings. The van der Waals surface area contributed by atoms with Crippen molar-refractivity contribution in [2.24, 2.45) is 5.92 Å². The zero-order chi connectivity index (χ0) is 28.3. The summed E-state index contributed by atoms with van der Waals surface area (Å²) in [5.74, 6) is -4.32. The van der Waals surface area contributed by atoms with E-state index in [4.69, 9.17) is 9.47 Å². The van der Waals surface area contributed by atoms with Crippen LogP contribution in [-0.4, -0.2) is 65.2 Å². The molecule has 1 aromatic heterocycles. The molecule has 1 saturated carbocycles. The highest BCUT2D eigenvalue weighted by Gasteiger charge is 2.77. The highest BCUT2D eigenvalue weighted by atomic mass is 19.3. The van der Waals surface area contributed by atoms with Crippen LogP contribution in [0.4, 0.5) is 8.78 Å². The summed E-state index contributed by atoms with van der Waals surface area (Å²) in [6, 6.07) is 19.1. The van der Waals surface area contributed by atoms with E-state index in [2.05, 4.69) is 11.1 Å². The minimum Gasteiger partial charge on any atom is -0.481 e. The van der Waals surface area contributed by atoms with E-state index in [1.807, 2.05) is 30.3 Å². The first-order valence-corrected chi connectivity index (χ1v) is 13.0. The van der Waals surface area contributed by atoms with Crippen molar-refractivity contribution in [3.8, 4) is 17.7 Å². The first-order chi connectivity index (χ1) is 19.2. The van der Waals surface area contributed by atoms with E-state index >= 15 is 0 Å². The Balaban J connectivity index is 1.62. The topological polar surface area (TPSA) is 116 Å². The molecular weight excluding hydrogens is 520 g/mol. The van der Waals surface area contributed by atoms with Gasteiger partial charge in [-0.3, -0.25) is 9.69 Å². The van der Waals surface area contributed by atoms with E-state index < -0.39 is 41.6 Å². The summed E-state index contributed by atoms with van der Waals surface area (Å²) in [6.07, 6.45) is -1.27. The molecule has 0 bridgehead atoms. The lowest BCUT2D eigenvalue weighted by Crippen LogP contribution is -2.52. The Hall–Kier alpha value is -3.91. The molecule has 2 aromatic carbocycles. The number of fused-ring (bicyclic) bond motifs is 3. The van der Waals surface area contributed by atoms with Crippen LogP contribution < -0.4 is 9.47 Å². The molecule has 206 valence electrons. The Bertz CT molecular complexity index is 1500. The predicted octanol–water partition coefficient (Wildman–Crippen LogP) is 3.37. The van der Waals surface area contributed by atoms with Crippen molar-refractivity contribution >= 4 is 6.29 Å². The number of methoxy groups -OCH3 is 1. The quantitative estimate of drug-likeness (QED) is 0.452. The van der Waals surface area contributed by atoms with Crippen LogP contribution in [0, 0.1) is 17.2 Å². The number of hydrogen-bond donors (Lipinski definition) is 2. The van der Waals surface area contributed by atoms with Crippen molar-refractivity contribution in [2.75, 3.05) is 26.7 Å². The third-order valence-corrected chi connectivity index (χ3v) is 8.52. The minimum atomic E-state index is -2.84. The minimum absolute atomic E-state index is 0.00995. The molecule has 1 aliphatic carbocycles. The van der Waals surface area contributed by atoms with E-state index in [-0.39, 0.29) is 42.4 Å². The molecule has 2 aliphatic heterocycles. The van der Waals surface area contributed by atoms with Gasteiger partial charge in [0.2, 0.25) is 5.88 Å². The molecule has 2 N–H and O–H groups in total. The van der Waals surface area contributed by atoms with Gasteiger partial charge >= 0.3 is 0 Å². The summed E-state index contributed by atoms with van der Waals surface area (Å²) in [4.78, 5) is 17.5. The molecule has 3 aliphatic rings. The number of aliphatic hydroxyl groups is 2. The molecule has 6 rings (SSSR count). The summed E-state index contributed by atoms with van der Waals surface area (Å²) >= 11 is 0. The van der Waals surface area contributed by atoms with Crippen LogP contribution in [0.5, 0.6) is 11.6 Å². The summed E-state index contributed by atoms with van der Waals surface area (Å²) in [5.41, 5.74) is -2.21. The molecule has 40 heavy (non-hydrogen) atoms. The van der Waals surface area contributed by atoms with E-state index in [9.17, 15) is 29.1 Å². The smallest absolute Gasteiger partial charge is 0.261 e. The van der Waals surface area contributed by atoms with E-state index in [0.29, 0.717) is 23.0 Å². The molecule has 0 spiro atoms. The number of hydrogen-bond acceptors (Lipinski definition) is 8. The second-order valence-electron chi connectivity index (χ2n) is 10.7. The van der Waals surface area contributed by atoms with Crippen molar-refractivity contribution in [1.82, 2.24) is 9.88 Å². The summed E-state index contributed by atoms with van der Waals surface area (Å²) in [7, 11) is 1.34. The standard InChI is InChI=1S/C30H27F2N3O5/c1-39-27-25-23(13-21(16-36)34-27)40-30(20-9-7-18(14-33)8-10-20)24(19-5-3-2-4-6-19)22(26(37)29(25,30)38)15-35-12-11-28(31,32)17-35/h2-10,13,16,22,24,26,37-38H,11-12,15,17H2,1H3. The summed E-state index contributed by atoms with van der Waals surface area (Å²) in [5, 5.41) is 34.4. The van der Waals surface area contributed by atoms with Gasteiger partial charge in [0.05, 0.1) is 37.0 Å². The van der Waals surface area contributed by atoms with Crippen LogP contribution in [0.1, 0.15) is 45.1 Å². The molecule has 2 fully saturated rings. The number of aldehydes is 1. The summed E-state index contributed by atoms with van der Waals surface area (Å²) < 4.78 is 40.6. The van der Waals surface area contributed by atoms with Gasteiger partial charge in [-0.15, -0.1) is 0 Å². The Kier molecular flexibility index (Phi) is 6.14. The SMILES string of the molecule is COc1nc(C=O)cc2c1C1(O)C(O)C(CN3CCC(F)(F)C3)C(c3ccccc3)C1(c1ccc(C#N)cc1)O2. The zero-order valence-electron chi connectivity index (χ0n) is 21.6. The highest BCUT2D eigenvalue weighted by Crippen LogP contribution is 2.69. The van der Waals surface area contributed by atoms with Crippen molar-refractivity contribution in [3.05, 3.63) is 88.6 Å². The molecule has 0 amide bonds. The van der Waals surface area contributed by atoms with Crippen LogP contribution in [0.15, 0.2) is 60.7 Å². The van der Waals surface area contributed by atoms with Gasteiger partial charge in [0.15, 0.2) is 17.5 Å². The molecule has 8 nitrogen and oxygen atoms in total. The number of aromatic nitrogens is 1. The van der Waals surface area contributed by atoms with Gasteiger partial charge in [0.25, 0.3) is 5.92 Å². The van der Waals surface area contributed by atoms with Crippen molar-refractivity contribution in [2.45, 2.75) is 35.6 Å². The number of rotatable bonds is 6. The normalized spacial score (nSPS) is 30.2. The highest BCUT2D eigenvalue weighted by molar-refractivity contribution is 5.75. The number of carbonyl (C=O) groups is 1. The Morgan fingerprint density at radius 1 is 1.23 bits per heavy atom. The van der Waals surface area contributed by atoms with Gasteiger partial charge in [-0.05, 0) is 23.3 Å². The molecular formula is C30H27F2N3O5. The van der Waals surface area contributed by atoms with Gasteiger partial charge in [-0.25, -0.2) is 13.8 Å². The Labute approximate surface area is 229 Å². The fraction of sp³-hybridized carbons (Fsp3) is 0.367. The number of ether oxygens (including phenoxy) is 2. The molecule has 3 heterocycles. The van der Waals surface area contributed by atoms with Gasteiger partial charge in [0.1, 0.15) is 11.4 Å². The molecule has 0 radical (unpaired) electrons. The van der Waals surface area contributed by atoms with Crippen LogP contribution in [-0.2, 0) is 11.2 Å². The third-order valence-electron chi connectivity index (χ3n) is 8.52. The number of pyridine rings is 1. The van der Waals surface area contributed by atoms with Gasteiger partial charge in [-0.2, -0.15) is 5.26 Å². The maximum Gasteiger partial charge on any atom is 0.261 e. The Morgan fingerprint density at radius 3 is 2.55 bits per heavy atom. The number of likely N-dealkylation sites (tertiary alicyclic amines) is 1. The maximum absolute atomic E-state index is 14.2. The third kappa shape index (κ3) is 3.65. The second kappa shape index (κ2) is 9.34. The van der Waals surface area contributed by atoms with E-state index in [1.54, 1.807) is 29.2 Å². The predicted molar refractivity (Wildman–Crippen MR) is 138 cm³/mol. The van der Waals surface area contributed by atoms with Crippen molar-refractivity contribution in [3.63, 3.8) is 0 Å². The number of halogens is 2. The lowest BCUT2D eigenvalue weighted by molar-refractivity contribution is -0.152. The monoisotopic (exact) mass is 547 g/mol. The number of alkyl halides is 2. The average Bonchev–Trinajstić information content (AvgIpc) is 3.51. The fourth-order valence-corrected chi connectivity index (χ4v) is 6.91. The average molecular weight is 548 g/mol. The molecule has 1 saturated heterocycles. The van der Waals surface area contributed by atoms with E-state index in [1.165, 1.54) is 13.2 Å². The van der Waals surface area contributed by atoms with E-state index in [0.717, 1.165) is 0 Å². The lowest BCUT2D eigenvalue weighted by Gasteiger charge is -2.41. The first-order valence-electron chi connectivity index (χ1n) is 13.0. The number of nitriles is 1. The van der Waals surface area contributed by atoms with Gasteiger partial charge in [-0.1, -0.05) is 42.5 Å². The second-order valence-corrected chi connectivity index (χ2v) is 10.7. The Morgan fingerprint density at radius 2 is 1.95 bits per heavy atom. The first kappa shape index (κ1) is 26.3. The van der Waals surface area contributed by atoms with Crippen LogP contribution in [0.25, 0.3) is 0 Å². The molecule has 5 atom stereocenters. The van der Waals surface area contributed by atoms with Crippen molar-refractivity contribution < 1.29 is 33.3 Å². The number of aliphatic hydroxyl groups excluding tert-OH is 1.